The zero-order chi connectivity index (χ0) is 14.1. The molecular formula is C17H18N2O. The van der Waals surface area contributed by atoms with Gasteiger partial charge in [0.1, 0.15) is 0 Å². The summed E-state index contributed by atoms with van der Waals surface area (Å²) in [5.74, 6) is 0.0519. The Hall–Kier alpha value is -2.13. The molecule has 0 fully saturated rings. The summed E-state index contributed by atoms with van der Waals surface area (Å²) >= 11 is 0. The molecule has 2 atom stereocenters. The van der Waals surface area contributed by atoms with Crippen molar-refractivity contribution in [1.29, 1.82) is 0 Å². The van der Waals surface area contributed by atoms with Crippen LogP contribution in [0.15, 0.2) is 48.5 Å². The molecular weight excluding hydrogens is 248 g/mol. The summed E-state index contributed by atoms with van der Waals surface area (Å²) < 4.78 is 0. The number of carbonyl (C=O) groups excluding carboxylic acids is 1. The lowest BCUT2D eigenvalue weighted by Gasteiger charge is -2.19. The minimum atomic E-state index is -0.479. The van der Waals surface area contributed by atoms with Crippen molar-refractivity contribution in [1.82, 2.24) is 0 Å². The summed E-state index contributed by atoms with van der Waals surface area (Å²) in [7, 11) is 0. The summed E-state index contributed by atoms with van der Waals surface area (Å²) in [4.78, 5) is 12.0. The second-order valence-electron chi connectivity index (χ2n) is 5.39. The van der Waals surface area contributed by atoms with Crippen molar-refractivity contribution in [2.45, 2.75) is 25.3 Å². The van der Waals surface area contributed by atoms with Crippen LogP contribution in [0.25, 0.3) is 0 Å². The van der Waals surface area contributed by atoms with Gasteiger partial charge in [-0.2, -0.15) is 0 Å². The van der Waals surface area contributed by atoms with Crippen LogP contribution >= 0.6 is 0 Å². The van der Waals surface area contributed by atoms with Gasteiger partial charge in [-0.3, -0.25) is 4.79 Å². The molecule has 0 spiro atoms. The van der Waals surface area contributed by atoms with Gasteiger partial charge < -0.3 is 11.1 Å². The van der Waals surface area contributed by atoms with Crippen molar-refractivity contribution in [3.8, 4) is 0 Å². The normalized spacial score (nSPS) is 21.8. The summed E-state index contributed by atoms with van der Waals surface area (Å²) in [6.45, 7) is 2.02. The van der Waals surface area contributed by atoms with E-state index in [1.807, 2.05) is 31.2 Å². The van der Waals surface area contributed by atoms with E-state index in [0.717, 1.165) is 16.8 Å². The van der Waals surface area contributed by atoms with E-state index in [1.165, 1.54) is 5.56 Å². The first kappa shape index (κ1) is 12.9. The summed E-state index contributed by atoms with van der Waals surface area (Å²) in [5, 5.41) is 2.95. The predicted octanol–water partition coefficient (Wildman–Crippen LogP) is 2.80. The third-order valence-corrected chi connectivity index (χ3v) is 3.87. The van der Waals surface area contributed by atoms with E-state index in [0.29, 0.717) is 6.42 Å². The van der Waals surface area contributed by atoms with Gasteiger partial charge >= 0.3 is 0 Å². The molecule has 1 heterocycles. The number of anilines is 1. The van der Waals surface area contributed by atoms with Gasteiger partial charge in [-0.05, 0) is 36.1 Å². The van der Waals surface area contributed by atoms with Gasteiger partial charge in [0.15, 0.2) is 0 Å². The second-order valence-corrected chi connectivity index (χ2v) is 5.39. The molecule has 3 heteroatoms. The minimum absolute atomic E-state index is 0.102. The van der Waals surface area contributed by atoms with Crippen molar-refractivity contribution in [2.75, 3.05) is 5.32 Å². The van der Waals surface area contributed by atoms with Crippen molar-refractivity contribution in [3.05, 3.63) is 65.2 Å². The van der Waals surface area contributed by atoms with Crippen molar-refractivity contribution in [2.24, 2.45) is 5.73 Å². The molecule has 2 aromatic rings. The topological polar surface area (TPSA) is 55.1 Å². The number of nitrogens with one attached hydrogen (secondary N) is 1. The number of hydrogen-bond acceptors (Lipinski definition) is 2. The first-order valence-corrected chi connectivity index (χ1v) is 6.87. The van der Waals surface area contributed by atoms with Crippen LogP contribution in [0.1, 0.15) is 29.0 Å². The molecule has 0 bridgehead atoms. The van der Waals surface area contributed by atoms with Crippen LogP contribution in [-0.4, -0.2) is 11.9 Å². The molecule has 1 aliphatic heterocycles. The van der Waals surface area contributed by atoms with Crippen LogP contribution in [0.4, 0.5) is 5.69 Å². The number of benzene rings is 2. The minimum Gasteiger partial charge on any atom is -0.324 e. The maximum Gasteiger partial charge on any atom is 0.241 e. The number of aryl methyl sites for hydroxylation is 1. The molecule has 0 saturated carbocycles. The lowest BCUT2D eigenvalue weighted by Crippen LogP contribution is -2.35. The summed E-state index contributed by atoms with van der Waals surface area (Å²) in [6.07, 6.45) is 0.631. The molecule has 1 amide bonds. The van der Waals surface area contributed by atoms with Crippen LogP contribution in [0.2, 0.25) is 0 Å². The Morgan fingerprint density at radius 2 is 1.90 bits per heavy atom. The molecule has 102 valence electrons. The fourth-order valence-corrected chi connectivity index (χ4v) is 2.80. The quantitative estimate of drug-likeness (QED) is 0.834. The Morgan fingerprint density at radius 3 is 2.65 bits per heavy atom. The van der Waals surface area contributed by atoms with Gasteiger partial charge in [0, 0.05) is 11.6 Å². The molecule has 0 aromatic heterocycles. The van der Waals surface area contributed by atoms with E-state index >= 15 is 0 Å². The van der Waals surface area contributed by atoms with Crippen LogP contribution in [0, 0.1) is 6.92 Å². The van der Waals surface area contributed by atoms with Gasteiger partial charge in [-0.15, -0.1) is 0 Å². The highest BCUT2D eigenvalue weighted by Crippen LogP contribution is 2.36. The van der Waals surface area contributed by atoms with Crippen molar-refractivity contribution in [3.63, 3.8) is 0 Å². The first-order valence-electron chi connectivity index (χ1n) is 6.87. The molecule has 0 unspecified atom stereocenters. The Morgan fingerprint density at radius 1 is 1.15 bits per heavy atom. The van der Waals surface area contributed by atoms with Gasteiger partial charge in [0.25, 0.3) is 0 Å². The number of hydrogen-bond donors (Lipinski definition) is 2. The van der Waals surface area contributed by atoms with Crippen molar-refractivity contribution >= 4 is 11.6 Å². The van der Waals surface area contributed by atoms with E-state index in [-0.39, 0.29) is 11.8 Å². The highest BCUT2D eigenvalue weighted by molar-refractivity contribution is 5.96. The maximum atomic E-state index is 12.0. The smallest absolute Gasteiger partial charge is 0.241 e. The molecule has 3 rings (SSSR count). The highest BCUT2D eigenvalue weighted by Gasteiger charge is 2.28. The van der Waals surface area contributed by atoms with Crippen LogP contribution in [0.3, 0.4) is 0 Å². The van der Waals surface area contributed by atoms with E-state index in [4.69, 9.17) is 5.73 Å². The highest BCUT2D eigenvalue weighted by atomic mass is 16.2. The van der Waals surface area contributed by atoms with E-state index < -0.39 is 6.04 Å². The fraction of sp³-hybridized carbons (Fsp3) is 0.235. The van der Waals surface area contributed by atoms with Gasteiger partial charge in [0.2, 0.25) is 5.91 Å². The monoisotopic (exact) mass is 266 g/mol. The van der Waals surface area contributed by atoms with Crippen LogP contribution < -0.4 is 11.1 Å². The third kappa shape index (κ3) is 2.32. The summed E-state index contributed by atoms with van der Waals surface area (Å²) in [6, 6.07) is 15.9. The molecule has 0 saturated heterocycles. The molecule has 0 radical (unpaired) electrons. The van der Waals surface area contributed by atoms with Crippen LogP contribution in [-0.2, 0) is 4.79 Å². The SMILES string of the molecule is Cc1ccc2c(c1)NC(=O)[C@@H](N)C[C@H]2c1ccccc1. The standard InChI is InChI=1S/C17H18N2O/c1-11-7-8-13-14(12-5-3-2-4-6-12)10-15(18)17(20)19-16(13)9-11/h2-9,14-15H,10,18H2,1H3,(H,19,20)/t14-,15-/m0/s1. The van der Waals surface area contributed by atoms with Gasteiger partial charge in [0.05, 0.1) is 6.04 Å². The Balaban J connectivity index is 2.12. The average Bonchev–Trinajstić information content (AvgIpc) is 2.57. The van der Waals surface area contributed by atoms with E-state index in [2.05, 4.69) is 29.6 Å². The van der Waals surface area contributed by atoms with Gasteiger partial charge in [-0.25, -0.2) is 0 Å². The maximum absolute atomic E-state index is 12.0. The number of amides is 1. The second kappa shape index (κ2) is 5.10. The molecule has 0 aliphatic carbocycles. The van der Waals surface area contributed by atoms with Crippen molar-refractivity contribution < 1.29 is 4.79 Å². The molecule has 3 nitrogen and oxygen atoms in total. The number of carbonyl (C=O) groups is 1. The van der Waals surface area contributed by atoms with E-state index in [1.54, 1.807) is 0 Å². The number of fused-ring (bicyclic) bond motifs is 1. The zero-order valence-corrected chi connectivity index (χ0v) is 11.5. The Kier molecular flexibility index (Phi) is 3.28. The molecule has 20 heavy (non-hydrogen) atoms. The zero-order valence-electron chi connectivity index (χ0n) is 11.5. The Labute approximate surface area is 118 Å². The molecule has 2 aromatic carbocycles. The van der Waals surface area contributed by atoms with E-state index in [9.17, 15) is 4.79 Å². The lowest BCUT2D eigenvalue weighted by molar-refractivity contribution is -0.117. The summed E-state index contributed by atoms with van der Waals surface area (Å²) in [5.41, 5.74) is 10.4. The third-order valence-electron chi connectivity index (χ3n) is 3.87. The Bertz CT molecular complexity index is 637. The van der Waals surface area contributed by atoms with Gasteiger partial charge in [-0.1, -0.05) is 42.5 Å². The fourth-order valence-electron chi connectivity index (χ4n) is 2.80. The number of nitrogens with two attached hydrogens (primary N) is 1. The molecule has 1 aliphatic rings. The molecule has 3 N–H and O–H groups in total. The van der Waals surface area contributed by atoms with Crippen LogP contribution in [0.5, 0.6) is 0 Å². The average molecular weight is 266 g/mol. The predicted molar refractivity (Wildman–Crippen MR) is 80.7 cm³/mol. The largest absolute Gasteiger partial charge is 0.324 e. The number of rotatable bonds is 1. The lowest BCUT2D eigenvalue weighted by atomic mass is 9.86. The first-order chi connectivity index (χ1) is 9.65.